The van der Waals surface area contributed by atoms with Gasteiger partial charge in [0, 0.05) is 24.3 Å². The van der Waals surface area contributed by atoms with E-state index in [1.54, 1.807) is 0 Å². The van der Waals surface area contributed by atoms with Crippen molar-refractivity contribution in [1.82, 2.24) is 4.90 Å². The number of nitrogens with two attached hydrogens (primary N) is 1. The second-order valence-electron chi connectivity index (χ2n) is 5.14. The maximum absolute atomic E-state index is 13.7. The smallest absolute Gasteiger partial charge is 0.151 e. The van der Waals surface area contributed by atoms with Gasteiger partial charge in [-0.2, -0.15) is 0 Å². The van der Waals surface area contributed by atoms with Crippen LogP contribution < -0.4 is 11.1 Å². The predicted molar refractivity (Wildman–Crippen MR) is 67.4 cm³/mol. The lowest BCUT2D eigenvalue weighted by atomic mass is 10.1. The van der Waals surface area contributed by atoms with Crippen LogP contribution in [0.25, 0.3) is 0 Å². The average Bonchev–Trinajstić information content (AvgIpc) is 2.86. The molecule has 0 aromatic heterocycles. The van der Waals surface area contributed by atoms with E-state index >= 15 is 0 Å². The van der Waals surface area contributed by atoms with E-state index in [1.165, 1.54) is 6.42 Å². The second-order valence-corrected chi connectivity index (χ2v) is 5.14. The molecule has 0 radical (unpaired) electrons. The Morgan fingerprint density at radius 1 is 1.17 bits per heavy atom. The van der Waals surface area contributed by atoms with Crippen LogP contribution in [-0.2, 0) is 0 Å². The maximum Gasteiger partial charge on any atom is 0.151 e. The van der Waals surface area contributed by atoms with E-state index in [0.717, 1.165) is 38.1 Å². The fourth-order valence-corrected chi connectivity index (χ4v) is 3.17. The summed E-state index contributed by atoms with van der Waals surface area (Å²) in [6.45, 7) is 2.12. The molecule has 2 aliphatic rings. The minimum absolute atomic E-state index is 0.0389. The lowest BCUT2D eigenvalue weighted by molar-refractivity contribution is 0.318. The van der Waals surface area contributed by atoms with Crippen molar-refractivity contribution in [3.8, 4) is 0 Å². The summed E-state index contributed by atoms with van der Waals surface area (Å²) >= 11 is 0. The predicted octanol–water partition coefficient (Wildman–Crippen LogP) is 2.20. The van der Waals surface area contributed by atoms with Gasteiger partial charge in [-0.25, -0.2) is 8.78 Å². The van der Waals surface area contributed by atoms with Crippen LogP contribution in [-0.4, -0.2) is 30.1 Å². The number of halogens is 2. The van der Waals surface area contributed by atoms with E-state index in [9.17, 15) is 8.78 Å². The molecule has 1 aromatic rings. The van der Waals surface area contributed by atoms with Crippen LogP contribution in [0.4, 0.5) is 20.2 Å². The zero-order valence-electron chi connectivity index (χ0n) is 10.1. The Hall–Kier alpha value is -1.36. The monoisotopic (exact) mass is 253 g/mol. The molecule has 0 aliphatic carbocycles. The first-order valence-electron chi connectivity index (χ1n) is 6.40. The van der Waals surface area contributed by atoms with E-state index in [0.29, 0.717) is 6.04 Å². The number of nitrogen functional groups attached to an aromatic ring is 1. The first kappa shape index (κ1) is 11.7. The molecule has 0 saturated carbocycles. The molecule has 0 amide bonds. The van der Waals surface area contributed by atoms with Crippen LogP contribution in [0.15, 0.2) is 12.1 Å². The highest BCUT2D eigenvalue weighted by atomic mass is 19.1. The minimum Gasteiger partial charge on any atom is -0.399 e. The van der Waals surface area contributed by atoms with Crippen LogP contribution in [0.1, 0.15) is 19.3 Å². The lowest BCUT2D eigenvalue weighted by Crippen LogP contribution is -2.34. The molecule has 3 rings (SSSR count). The molecule has 1 aromatic carbocycles. The summed E-state index contributed by atoms with van der Waals surface area (Å²) in [6, 6.07) is 2.88. The topological polar surface area (TPSA) is 41.3 Å². The van der Waals surface area contributed by atoms with Crippen molar-refractivity contribution in [3.63, 3.8) is 0 Å². The number of anilines is 2. The number of hydrogen-bond acceptors (Lipinski definition) is 3. The molecule has 3 nitrogen and oxygen atoms in total. The summed E-state index contributed by atoms with van der Waals surface area (Å²) in [5.41, 5.74) is 5.48. The van der Waals surface area contributed by atoms with Gasteiger partial charge in [-0.1, -0.05) is 0 Å². The summed E-state index contributed by atoms with van der Waals surface area (Å²) in [4.78, 5) is 2.39. The van der Waals surface area contributed by atoms with E-state index in [1.807, 2.05) is 0 Å². The summed E-state index contributed by atoms with van der Waals surface area (Å²) in [7, 11) is 0. The highest BCUT2D eigenvalue weighted by molar-refractivity contribution is 5.54. The van der Waals surface area contributed by atoms with Crippen LogP contribution >= 0.6 is 0 Å². The number of nitrogens with zero attached hydrogens (tertiary/aromatic N) is 1. The highest BCUT2D eigenvalue weighted by Crippen LogP contribution is 2.32. The largest absolute Gasteiger partial charge is 0.399 e. The standard InChI is InChI=1S/C13H17F2N3/c14-9-6-8(16)7-10(15)13(9)17-11-3-5-18-4-1-2-12(11)18/h6-7,11-12,17H,1-5,16H2. The number of rotatable bonds is 2. The SMILES string of the molecule is Nc1cc(F)c(NC2CCN3CCCC23)c(F)c1. The normalized spacial score (nSPS) is 27.4. The Balaban J connectivity index is 1.81. The van der Waals surface area contributed by atoms with E-state index < -0.39 is 11.6 Å². The molecule has 5 heteroatoms. The number of nitrogens with one attached hydrogen (secondary N) is 1. The van der Waals surface area contributed by atoms with Gasteiger partial charge < -0.3 is 11.1 Å². The van der Waals surface area contributed by atoms with Crippen LogP contribution in [0.5, 0.6) is 0 Å². The summed E-state index contributed by atoms with van der Waals surface area (Å²) in [5, 5.41) is 3.03. The van der Waals surface area contributed by atoms with Crippen LogP contribution in [0.2, 0.25) is 0 Å². The van der Waals surface area contributed by atoms with Crippen LogP contribution in [0.3, 0.4) is 0 Å². The summed E-state index contributed by atoms with van der Waals surface area (Å²) < 4.78 is 27.4. The number of hydrogen-bond donors (Lipinski definition) is 2. The molecule has 2 fully saturated rings. The van der Waals surface area contributed by atoms with Crippen molar-refractivity contribution < 1.29 is 8.78 Å². The Bertz CT molecular complexity index is 441. The van der Waals surface area contributed by atoms with E-state index in [2.05, 4.69) is 10.2 Å². The van der Waals surface area contributed by atoms with Crippen molar-refractivity contribution in [2.45, 2.75) is 31.3 Å². The van der Waals surface area contributed by atoms with Gasteiger partial charge in [-0.3, -0.25) is 4.90 Å². The van der Waals surface area contributed by atoms with Gasteiger partial charge in [-0.05, 0) is 37.9 Å². The molecule has 98 valence electrons. The molecule has 2 atom stereocenters. The minimum atomic E-state index is -0.607. The van der Waals surface area contributed by atoms with Crippen LogP contribution in [0, 0.1) is 11.6 Å². The van der Waals surface area contributed by atoms with Crippen molar-refractivity contribution in [2.24, 2.45) is 0 Å². The van der Waals surface area contributed by atoms with Gasteiger partial charge in [0.15, 0.2) is 11.6 Å². The zero-order chi connectivity index (χ0) is 12.7. The molecule has 2 unspecified atom stereocenters. The molecule has 0 bridgehead atoms. The lowest BCUT2D eigenvalue weighted by Gasteiger charge is -2.22. The Morgan fingerprint density at radius 2 is 1.89 bits per heavy atom. The molecule has 2 saturated heterocycles. The molecule has 0 spiro atoms. The first-order chi connectivity index (χ1) is 8.65. The van der Waals surface area contributed by atoms with Crippen molar-refractivity contribution in [3.05, 3.63) is 23.8 Å². The third kappa shape index (κ3) is 1.92. The van der Waals surface area contributed by atoms with Gasteiger partial charge in [0.25, 0.3) is 0 Å². The Kier molecular flexibility index (Phi) is 2.86. The van der Waals surface area contributed by atoms with Crippen molar-refractivity contribution in [1.29, 1.82) is 0 Å². The quantitative estimate of drug-likeness (QED) is 0.794. The molecule has 3 N–H and O–H groups in total. The fraction of sp³-hybridized carbons (Fsp3) is 0.538. The fourth-order valence-electron chi connectivity index (χ4n) is 3.17. The Morgan fingerprint density at radius 3 is 2.61 bits per heavy atom. The van der Waals surface area contributed by atoms with Gasteiger partial charge in [0.05, 0.1) is 0 Å². The molecule has 18 heavy (non-hydrogen) atoms. The van der Waals surface area contributed by atoms with E-state index in [-0.39, 0.29) is 17.4 Å². The maximum atomic E-state index is 13.7. The number of fused-ring (bicyclic) bond motifs is 1. The van der Waals surface area contributed by atoms with Gasteiger partial charge in [-0.15, -0.1) is 0 Å². The zero-order valence-corrected chi connectivity index (χ0v) is 10.1. The summed E-state index contributed by atoms with van der Waals surface area (Å²) in [5.74, 6) is -1.21. The first-order valence-corrected chi connectivity index (χ1v) is 6.40. The second kappa shape index (κ2) is 4.39. The van der Waals surface area contributed by atoms with Crippen molar-refractivity contribution >= 4 is 11.4 Å². The average molecular weight is 253 g/mol. The Labute approximate surface area is 105 Å². The molecule has 2 heterocycles. The summed E-state index contributed by atoms with van der Waals surface area (Å²) in [6.07, 6.45) is 3.22. The van der Waals surface area contributed by atoms with Crippen molar-refractivity contribution in [2.75, 3.05) is 24.1 Å². The van der Waals surface area contributed by atoms with Gasteiger partial charge in [0.1, 0.15) is 5.69 Å². The third-order valence-electron chi connectivity index (χ3n) is 4.00. The van der Waals surface area contributed by atoms with Gasteiger partial charge in [0.2, 0.25) is 0 Å². The molecule has 2 aliphatic heterocycles. The molecular weight excluding hydrogens is 236 g/mol. The number of benzene rings is 1. The molecular formula is C13H17F2N3. The highest BCUT2D eigenvalue weighted by Gasteiger charge is 2.37. The van der Waals surface area contributed by atoms with Gasteiger partial charge >= 0.3 is 0 Å². The third-order valence-corrected chi connectivity index (χ3v) is 4.00. The van der Waals surface area contributed by atoms with E-state index in [4.69, 9.17) is 5.73 Å².